The molecular weight excluding hydrogens is 421 g/mol. The van der Waals surface area contributed by atoms with E-state index in [0.29, 0.717) is 17.7 Å². The van der Waals surface area contributed by atoms with E-state index in [1.54, 1.807) is 54.6 Å². The van der Waals surface area contributed by atoms with Gasteiger partial charge in [0, 0.05) is 17.1 Å². The highest BCUT2D eigenvalue weighted by atomic mass is 35.5. The number of benzene rings is 2. The monoisotopic (exact) mass is 437 g/mol. The Labute approximate surface area is 177 Å². The molecule has 1 saturated heterocycles. The first-order chi connectivity index (χ1) is 13.3. The lowest BCUT2D eigenvalue weighted by atomic mass is 10.0. The fourth-order valence-corrected chi connectivity index (χ4v) is 3.55. The van der Waals surface area contributed by atoms with Crippen LogP contribution in [0.1, 0.15) is 17.2 Å². The molecule has 0 saturated carbocycles. The zero-order valence-corrected chi connectivity index (χ0v) is 16.9. The second kappa shape index (κ2) is 8.43. The van der Waals surface area contributed by atoms with Gasteiger partial charge in [0.05, 0.1) is 0 Å². The molecule has 146 valence electrons. The van der Waals surface area contributed by atoms with Crippen molar-refractivity contribution in [1.29, 1.82) is 0 Å². The average Bonchev–Trinajstić information content (AvgIpc) is 2.69. The van der Waals surface area contributed by atoms with Crippen LogP contribution in [0.4, 0.5) is 0 Å². The van der Waals surface area contributed by atoms with E-state index in [0.717, 1.165) is 0 Å². The van der Waals surface area contributed by atoms with E-state index in [1.165, 1.54) is 0 Å². The van der Waals surface area contributed by atoms with Crippen molar-refractivity contribution < 1.29 is 14.4 Å². The van der Waals surface area contributed by atoms with Crippen LogP contribution in [-0.2, 0) is 18.6 Å². The first-order valence-electron chi connectivity index (χ1n) is 8.41. The van der Waals surface area contributed by atoms with Gasteiger partial charge in [-0.15, -0.1) is 12.6 Å². The van der Waals surface area contributed by atoms with Gasteiger partial charge < -0.3 is 16.0 Å². The molecule has 0 bridgehead atoms. The van der Waals surface area contributed by atoms with Crippen LogP contribution < -0.4 is 16.0 Å². The molecule has 3 amide bonds. The van der Waals surface area contributed by atoms with Crippen LogP contribution in [0.25, 0.3) is 0 Å². The summed E-state index contributed by atoms with van der Waals surface area (Å²) >= 11 is 16.8. The molecule has 2 aromatic carbocycles. The van der Waals surface area contributed by atoms with Crippen LogP contribution in [0.5, 0.6) is 0 Å². The summed E-state index contributed by atoms with van der Waals surface area (Å²) in [7, 11) is 0. The van der Waals surface area contributed by atoms with Crippen molar-refractivity contribution in [3.8, 4) is 0 Å². The van der Waals surface area contributed by atoms with Crippen LogP contribution in [0.3, 0.4) is 0 Å². The van der Waals surface area contributed by atoms with Crippen molar-refractivity contribution in [2.45, 2.75) is 16.3 Å². The van der Waals surface area contributed by atoms with Gasteiger partial charge in [0.25, 0.3) is 5.91 Å². The smallest absolute Gasteiger partial charge is 0.256 e. The number of β-lactam (4-membered cyclic amide) rings is 1. The van der Waals surface area contributed by atoms with Crippen molar-refractivity contribution in [3.05, 3.63) is 70.7 Å². The molecule has 3 unspecified atom stereocenters. The minimum absolute atomic E-state index is 0.273. The Morgan fingerprint density at radius 2 is 1.79 bits per heavy atom. The molecule has 6 nitrogen and oxygen atoms in total. The largest absolute Gasteiger partial charge is 0.352 e. The Hall–Kier alpha value is -2.22. The van der Waals surface area contributed by atoms with Gasteiger partial charge in [0.15, 0.2) is 4.21 Å². The molecule has 28 heavy (non-hydrogen) atoms. The van der Waals surface area contributed by atoms with E-state index in [1.807, 2.05) is 0 Å². The summed E-state index contributed by atoms with van der Waals surface area (Å²) in [6, 6.07) is 13.5. The highest BCUT2D eigenvalue weighted by Gasteiger charge is 2.39. The average molecular weight is 438 g/mol. The van der Waals surface area contributed by atoms with Crippen molar-refractivity contribution in [3.63, 3.8) is 0 Å². The Morgan fingerprint density at radius 1 is 1.14 bits per heavy atom. The molecule has 1 heterocycles. The fraction of sp³-hybridized carbons (Fsp3) is 0.211. The molecule has 0 aliphatic carbocycles. The Bertz CT molecular complexity index is 908. The fourth-order valence-electron chi connectivity index (χ4n) is 2.68. The van der Waals surface area contributed by atoms with E-state index in [9.17, 15) is 14.4 Å². The van der Waals surface area contributed by atoms with Crippen LogP contribution in [-0.4, -0.2) is 30.3 Å². The number of hydrogen-bond donors (Lipinski definition) is 4. The third kappa shape index (κ3) is 4.27. The number of halogens is 2. The lowest BCUT2D eigenvalue weighted by Crippen LogP contribution is -2.63. The second-order valence-electron chi connectivity index (χ2n) is 6.23. The van der Waals surface area contributed by atoms with Crippen molar-refractivity contribution in [2.24, 2.45) is 0 Å². The number of alkyl halides is 1. The first-order valence-corrected chi connectivity index (χ1v) is 9.61. The summed E-state index contributed by atoms with van der Waals surface area (Å²) in [6.07, 6.45) is 0. The molecule has 2 aromatic rings. The molecule has 1 aliphatic rings. The van der Waals surface area contributed by atoms with Crippen LogP contribution >= 0.6 is 35.8 Å². The predicted octanol–water partition coefficient (Wildman–Crippen LogP) is 2.13. The molecule has 1 aliphatic heterocycles. The topological polar surface area (TPSA) is 87.3 Å². The predicted molar refractivity (Wildman–Crippen MR) is 110 cm³/mol. The van der Waals surface area contributed by atoms with Gasteiger partial charge in [-0.2, -0.15) is 0 Å². The summed E-state index contributed by atoms with van der Waals surface area (Å²) in [4.78, 5) is 37.1. The highest BCUT2D eigenvalue weighted by molar-refractivity contribution is 7.83. The van der Waals surface area contributed by atoms with Gasteiger partial charge in [-0.3, -0.25) is 14.4 Å². The third-order valence-electron chi connectivity index (χ3n) is 4.32. The van der Waals surface area contributed by atoms with Gasteiger partial charge in [-0.1, -0.05) is 71.7 Å². The highest BCUT2D eigenvalue weighted by Crippen LogP contribution is 2.38. The number of rotatable bonds is 6. The van der Waals surface area contributed by atoms with Crippen molar-refractivity contribution >= 4 is 53.6 Å². The standard InChI is InChI=1S/C19H17Cl2N3O3S/c20-13-9-5-4-8-12(13)19(21,28)18(27)24-15(11-6-2-1-3-7-11)17(26)23-14-10-22-16(14)25/h1-9,14-15,28H,10H2,(H,22,25)(H,23,26)(H,24,27). The summed E-state index contributed by atoms with van der Waals surface area (Å²) in [5, 5.41) is 8.05. The van der Waals surface area contributed by atoms with Gasteiger partial charge in [-0.25, -0.2) is 0 Å². The minimum atomic E-state index is -1.79. The molecule has 3 N–H and O–H groups in total. The maximum Gasteiger partial charge on any atom is 0.256 e. The lowest BCUT2D eigenvalue weighted by Gasteiger charge is -2.30. The summed E-state index contributed by atoms with van der Waals surface area (Å²) < 4.78 is -1.79. The van der Waals surface area contributed by atoms with Crippen molar-refractivity contribution in [1.82, 2.24) is 16.0 Å². The Morgan fingerprint density at radius 3 is 2.36 bits per heavy atom. The molecule has 3 rings (SSSR count). The maximum atomic E-state index is 12.9. The van der Waals surface area contributed by atoms with Crippen LogP contribution in [0.2, 0.25) is 5.02 Å². The van der Waals surface area contributed by atoms with E-state index < -0.39 is 28.1 Å². The van der Waals surface area contributed by atoms with Gasteiger partial charge in [0.1, 0.15) is 12.1 Å². The zero-order chi connectivity index (χ0) is 20.3. The quantitative estimate of drug-likeness (QED) is 0.317. The molecule has 0 spiro atoms. The number of amides is 3. The number of thiol groups is 1. The van der Waals surface area contributed by atoms with Crippen LogP contribution in [0, 0.1) is 0 Å². The maximum absolute atomic E-state index is 12.9. The van der Waals surface area contributed by atoms with E-state index in [-0.39, 0.29) is 10.9 Å². The SMILES string of the molecule is O=C1NCC1NC(=O)C(NC(=O)C(S)(Cl)c1ccccc1Cl)c1ccccc1. The molecule has 0 radical (unpaired) electrons. The van der Waals surface area contributed by atoms with E-state index in [4.69, 9.17) is 23.2 Å². The molecule has 3 atom stereocenters. The molecule has 0 aromatic heterocycles. The zero-order valence-electron chi connectivity index (χ0n) is 14.5. The second-order valence-corrected chi connectivity index (χ2v) is 8.13. The molecule has 1 fully saturated rings. The number of carbonyl (C=O) groups is 3. The number of carbonyl (C=O) groups excluding carboxylic acids is 3. The molecular formula is C19H17Cl2N3O3S. The number of hydrogen-bond acceptors (Lipinski definition) is 4. The number of nitrogens with one attached hydrogen (secondary N) is 3. The third-order valence-corrected chi connectivity index (χ3v) is 5.46. The van der Waals surface area contributed by atoms with Gasteiger partial charge >= 0.3 is 0 Å². The first kappa shape index (κ1) is 20.5. The van der Waals surface area contributed by atoms with E-state index in [2.05, 4.69) is 28.6 Å². The normalized spacial score (nSPS) is 18.8. The Kier molecular flexibility index (Phi) is 6.17. The molecule has 9 heteroatoms. The van der Waals surface area contributed by atoms with Crippen LogP contribution in [0.15, 0.2) is 54.6 Å². The summed E-state index contributed by atoms with van der Waals surface area (Å²) in [5.41, 5.74) is 0.831. The van der Waals surface area contributed by atoms with Crippen molar-refractivity contribution in [2.75, 3.05) is 6.54 Å². The summed E-state index contributed by atoms with van der Waals surface area (Å²) in [5.74, 6) is -1.52. The lowest BCUT2D eigenvalue weighted by molar-refractivity contribution is -0.135. The van der Waals surface area contributed by atoms with E-state index >= 15 is 0 Å². The van der Waals surface area contributed by atoms with Gasteiger partial charge in [-0.05, 0) is 11.6 Å². The Balaban J connectivity index is 1.84. The summed E-state index contributed by atoms with van der Waals surface area (Å²) in [6.45, 7) is 0.339. The van der Waals surface area contributed by atoms with Gasteiger partial charge in [0.2, 0.25) is 11.8 Å². The minimum Gasteiger partial charge on any atom is -0.352 e.